The highest BCUT2D eigenvalue weighted by Gasteiger charge is 2.41. The van der Waals surface area contributed by atoms with Crippen molar-refractivity contribution in [1.29, 1.82) is 0 Å². The number of carbonyl (C=O) groups excluding carboxylic acids is 1. The zero-order chi connectivity index (χ0) is 19.8. The molecule has 8 nitrogen and oxygen atoms in total. The largest absolute Gasteiger partial charge is 0.475 e. The molecule has 1 aromatic carbocycles. The fourth-order valence-electron chi connectivity index (χ4n) is 3.02. The molecule has 27 heavy (non-hydrogen) atoms. The van der Waals surface area contributed by atoms with E-state index in [-0.39, 0.29) is 6.54 Å². The summed E-state index contributed by atoms with van der Waals surface area (Å²) < 4.78 is 31.6. The molecule has 1 atom stereocenters. The number of anilines is 1. The Morgan fingerprint density at radius 1 is 1.19 bits per heavy atom. The normalized spacial score (nSPS) is 17.8. The van der Waals surface area contributed by atoms with E-state index in [0.717, 1.165) is 27.6 Å². The Bertz CT molecular complexity index is 995. The standard InChI is InChI=1S/C18H20N2O6S/c1-11-5-6-13(10-12(11)2)19-17(21)14-4-3-9-20(14)27(24,25)16-8-7-15(26-16)18(22)23/h5-8,10,14H,3-4,9H2,1-2H3,(H,19,21)(H,22,23). The number of furan rings is 1. The van der Waals surface area contributed by atoms with Gasteiger partial charge in [-0.1, -0.05) is 6.07 Å². The van der Waals surface area contributed by atoms with Crippen LogP contribution >= 0.6 is 0 Å². The van der Waals surface area contributed by atoms with Gasteiger partial charge in [0, 0.05) is 12.2 Å². The molecule has 1 aromatic heterocycles. The average molecular weight is 392 g/mol. The van der Waals surface area contributed by atoms with Crippen LogP contribution in [0.2, 0.25) is 0 Å². The van der Waals surface area contributed by atoms with E-state index < -0.39 is 38.8 Å². The van der Waals surface area contributed by atoms with Crippen LogP contribution in [0.3, 0.4) is 0 Å². The number of sulfonamides is 1. The van der Waals surface area contributed by atoms with E-state index in [2.05, 4.69) is 5.32 Å². The number of amides is 1. The van der Waals surface area contributed by atoms with Crippen molar-refractivity contribution < 1.29 is 27.5 Å². The number of carbonyl (C=O) groups is 2. The summed E-state index contributed by atoms with van der Waals surface area (Å²) in [6.07, 6.45) is 0.902. The Hall–Kier alpha value is -2.65. The van der Waals surface area contributed by atoms with E-state index >= 15 is 0 Å². The Morgan fingerprint density at radius 3 is 2.56 bits per heavy atom. The van der Waals surface area contributed by atoms with Crippen molar-refractivity contribution in [3.8, 4) is 0 Å². The second-order valence-corrected chi connectivity index (χ2v) is 8.31. The molecular formula is C18H20N2O6S. The van der Waals surface area contributed by atoms with Crippen LogP contribution in [0.4, 0.5) is 5.69 Å². The summed E-state index contributed by atoms with van der Waals surface area (Å²) in [6, 6.07) is 6.76. The zero-order valence-corrected chi connectivity index (χ0v) is 15.7. The number of carboxylic acid groups (broad SMARTS) is 1. The van der Waals surface area contributed by atoms with Gasteiger partial charge in [-0.15, -0.1) is 0 Å². The maximum atomic E-state index is 12.8. The SMILES string of the molecule is Cc1ccc(NC(=O)C2CCCN2S(=O)(=O)c2ccc(C(=O)O)o2)cc1C. The molecule has 3 rings (SSSR count). The molecular weight excluding hydrogens is 372 g/mol. The van der Waals surface area contributed by atoms with Crippen molar-refractivity contribution in [3.05, 3.63) is 47.2 Å². The minimum absolute atomic E-state index is 0.163. The molecule has 1 unspecified atom stereocenters. The number of benzene rings is 1. The molecule has 2 aromatic rings. The van der Waals surface area contributed by atoms with Crippen LogP contribution in [0, 0.1) is 13.8 Å². The Balaban J connectivity index is 1.82. The number of nitrogens with zero attached hydrogens (tertiary/aromatic N) is 1. The van der Waals surface area contributed by atoms with Gasteiger partial charge < -0.3 is 14.8 Å². The Kier molecular flexibility index (Phi) is 5.07. The molecule has 0 saturated carbocycles. The van der Waals surface area contributed by atoms with Gasteiger partial charge in [-0.25, -0.2) is 13.2 Å². The first-order chi connectivity index (χ1) is 12.7. The lowest BCUT2D eigenvalue weighted by atomic mass is 10.1. The van der Waals surface area contributed by atoms with E-state index in [4.69, 9.17) is 9.52 Å². The highest BCUT2D eigenvalue weighted by molar-refractivity contribution is 7.89. The molecule has 0 bridgehead atoms. The van der Waals surface area contributed by atoms with Crippen LogP contribution in [0.15, 0.2) is 39.8 Å². The van der Waals surface area contributed by atoms with Gasteiger partial charge in [-0.05, 0) is 62.1 Å². The Labute approximate surface area is 156 Å². The maximum absolute atomic E-state index is 12.8. The first-order valence-electron chi connectivity index (χ1n) is 8.43. The molecule has 0 spiro atoms. The van der Waals surface area contributed by atoms with Gasteiger partial charge in [0.05, 0.1) is 0 Å². The number of aromatic carboxylic acids is 1. The maximum Gasteiger partial charge on any atom is 0.371 e. The number of hydrogen-bond acceptors (Lipinski definition) is 5. The highest BCUT2D eigenvalue weighted by atomic mass is 32.2. The van der Waals surface area contributed by atoms with E-state index in [9.17, 15) is 18.0 Å². The molecule has 144 valence electrons. The summed E-state index contributed by atoms with van der Waals surface area (Å²) in [5, 5.41) is 11.2. The van der Waals surface area contributed by atoms with Crippen LogP contribution < -0.4 is 5.32 Å². The molecule has 9 heteroatoms. The van der Waals surface area contributed by atoms with Crippen molar-refractivity contribution in [2.75, 3.05) is 11.9 Å². The average Bonchev–Trinajstić information content (AvgIpc) is 3.27. The first kappa shape index (κ1) is 19.1. The Morgan fingerprint density at radius 2 is 1.93 bits per heavy atom. The number of rotatable bonds is 5. The second kappa shape index (κ2) is 7.16. The molecule has 0 radical (unpaired) electrons. The van der Waals surface area contributed by atoms with Crippen molar-refractivity contribution in [2.24, 2.45) is 0 Å². The molecule has 1 amide bonds. The second-order valence-electron chi connectivity index (χ2n) is 6.49. The lowest BCUT2D eigenvalue weighted by Gasteiger charge is -2.22. The van der Waals surface area contributed by atoms with E-state index in [1.807, 2.05) is 26.0 Å². The molecule has 1 saturated heterocycles. The zero-order valence-electron chi connectivity index (χ0n) is 14.9. The van der Waals surface area contributed by atoms with Crippen molar-refractivity contribution in [2.45, 2.75) is 37.8 Å². The minimum Gasteiger partial charge on any atom is -0.475 e. The summed E-state index contributed by atoms with van der Waals surface area (Å²) in [7, 11) is -4.11. The van der Waals surface area contributed by atoms with Gasteiger partial charge >= 0.3 is 5.97 Å². The summed E-state index contributed by atoms with van der Waals surface area (Å²) in [4.78, 5) is 23.6. The van der Waals surface area contributed by atoms with Gasteiger partial charge in [-0.3, -0.25) is 4.79 Å². The predicted octanol–water partition coefficient (Wildman–Crippen LogP) is 2.39. The van der Waals surface area contributed by atoms with Gasteiger partial charge in [-0.2, -0.15) is 4.31 Å². The quantitative estimate of drug-likeness (QED) is 0.807. The minimum atomic E-state index is -4.11. The van der Waals surface area contributed by atoms with Gasteiger partial charge in [0.2, 0.25) is 16.8 Å². The summed E-state index contributed by atoms with van der Waals surface area (Å²) >= 11 is 0. The summed E-state index contributed by atoms with van der Waals surface area (Å²) in [5.41, 5.74) is 2.70. The number of aryl methyl sites for hydroxylation is 2. The third-order valence-electron chi connectivity index (χ3n) is 4.64. The number of hydrogen-bond donors (Lipinski definition) is 2. The molecule has 1 aliphatic heterocycles. The highest BCUT2D eigenvalue weighted by Crippen LogP contribution is 2.28. The van der Waals surface area contributed by atoms with Crippen LogP contribution in [-0.2, 0) is 14.8 Å². The van der Waals surface area contributed by atoms with Crippen molar-refractivity contribution in [1.82, 2.24) is 4.31 Å². The smallest absolute Gasteiger partial charge is 0.371 e. The lowest BCUT2D eigenvalue weighted by molar-refractivity contribution is -0.119. The predicted molar refractivity (Wildman–Crippen MR) is 97.1 cm³/mol. The fraction of sp³-hybridized carbons (Fsp3) is 0.333. The van der Waals surface area contributed by atoms with Gasteiger partial charge in [0.1, 0.15) is 6.04 Å². The van der Waals surface area contributed by atoms with Crippen LogP contribution in [0.5, 0.6) is 0 Å². The summed E-state index contributed by atoms with van der Waals surface area (Å²) in [5.74, 6) is -2.25. The van der Waals surface area contributed by atoms with E-state index in [1.165, 1.54) is 0 Å². The van der Waals surface area contributed by atoms with Crippen LogP contribution in [0.1, 0.15) is 34.5 Å². The lowest BCUT2D eigenvalue weighted by Crippen LogP contribution is -2.43. The van der Waals surface area contributed by atoms with E-state index in [0.29, 0.717) is 18.5 Å². The van der Waals surface area contributed by atoms with Gasteiger partial charge in [0.15, 0.2) is 0 Å². The van der Waals surface area contributed by atoms with E-state index in [1.54, 1.807) is 6.07 Å². The molecule has 0 aliphatic carbocycles. The van der Waals surface area contributed by atoms with Crippen molar-refractivity contribution >= 4 is 27.6 Å². The third-order valence-corrected chi connectivity index (χ3v) is 6.42. The summed E-state index contributed by atoms with van der Waals surface area (Å²) in [6.45, 7) is 4.05. The molecule has 1 aliphatic rings. The van der Waals surface area contributed by atoms with Gasteiger partial charge in [0.25, 0.3) is 10.0 Å². The molecule has 2 heterocycles. The van der Waals surface area contributed by atoms with Crippen LogP contribution in [-0.4, -0.2) is 42.3 Å². The van der Waals surface area contributed by atoms with Crippen LogP contribution in [0.25, 0.3) is 0 Å². The first-order valence-corrected chi connectivity index (χ1v) is 9.87. The monoisotopic (exact) mass is 392 g/mol. The molecule has 1 fully saturated rings. The third kappa shape index (κ3) is 3.74. The fourth-order valence-corrected chi connectivity index (χ4v) is 4.60. The number of nitrogens with one attached hydrogen (secondary N) is 1. The van der Waals surface area contributed by atoms with Crippen molar-refractivity contribution in [3.63, 3.8) is 0 Å². The number of carboxylic acids is 1. The topological polar surface area (TPSA) is 117 Å². The molecule has 2 N–H and O–H groups in total.